The largest absolute Gasteiger partial charge is 0.308 e. The molecule has 0 atom stereocenters. The Kier molecular flexibility index (Phi) is 6.47. The van der Waals surface area contributed by atoms with Gasteiger partial charge in [0, 0.05) is 42.1 Å². The first-order valence-electron chi connectivity index (χ1n) is 14.7. The summed E-state index contributed by atoms with van der Waals surface area (Å²) in [7, 11) is 0. The minimum atomic E-state index is 0.909. The van der Waals surface area contributed by atoms with E-state index in [1.807, 2.05) is 23.5 Å². The van der Waals surface area contributed by atoms with Gasteiger partial charge in [-0.2, -0.15) is 0 Å². The molecule has 0 unspecified atom stereocenters. The third-order valence-electron chi connectivity index (χ3n) is 8.03. The number of para-hydroxylation sites is 4. The molecule has 2 aliphatic heterocycles. The number of aromatic nitrogens is 2. The Morgan fingerprint density at radius 3 is 1.00 bits per heavy atom. The topological polar surface area (TPSA) is 32.3 Å². The van der Waals surface area contributed by atoms with E-state index in [1.54, 1.807) is 11.3 Å². The van der Waals surface area contributed by atoms with Crippen molar-refractivity contribution < 1.29 is 0 Å². The molecule has 0 saturated carbocycles. The minimum absolute atomic E-state index is 0.909. The van der Waals surface area contributed by atoms with Crippen LogP contribution in [-0.4, -0.2) is 10.2 Å². The zero-order valence-electron chi connectivity index (χ0n) is 23.9. The summed E-state index contributed by atoms with van der Waals surface area (Å²) in [5, 5.41) is 11.0. The zero-order chi connectivity index (χ0) is 29.7. The molecule has 4 nitrogen and oxygen atoms in total. The van der Waals surface area contributed by atoms with E-state index < -0.39 is 0 Å². The summed E-state index contributed by atoms with van der Waals surface area (Å²) < 4.78 is 0. The van der Waals surface area contributed by atoms with Gasteiger partial charge in [0.05, 0.1) is 22.7 Å². The molecule has 2 aliphatic rings. The molecule has 9 rings (SSSR count). The van der Waals surface area contributed by atoms with E-state index in [9.17, 15) is 0 Å². The van der Waals surface area contributed by atoms with Crippen LogP contribution < -0.4 is 9.80 Å². The number of rotatable bonds is 4. The third kappa shape index (κ3) is 4.63. The fourth-order valence-electron chi connectivity index (χ4n) is 5.93. The first kappa shape index (κ1) is 26.6. The van der Waals surface area contributed by atoms with Crippen LogP contribution in [-0.2, 0) is 0 Å². The average molecular weight is 633 g/mol. The van der Waals surface area contributed by atoms with Gasteiger partial charge in [0.1, 0.15) is 10.0 Å². The van der Waals surface area contributed by atoms with Gasteiger partial charge in [0.2, 0.25) is 0 Å². The second-order valence-electron chi connectivity index (χ2n) is 10.8. The smallest absolute Gasteiger partial charge is 0.148 e. The van der Waals surface area contributed by atoms with Crippen LogP contribution in [0.15, 0.2) is 165 Å². The normalized spacial score (nSPS) is 13.1. The molecule has 6 aromatic carbocycles. The second-order valence-corrected chi connectivity index (χ2v) is 13.9. The highest BCUT2D eigenvalue weighted by atomic mass is 32.2. The Hall–Kier alpha value is -4.82. The lowest BCUT2D eigenvalue weighted by molar-refractivity contribution is 1.10. The van der Waals surface area contributed by atoms with Gasteiger partial charge in [-0.15, -0.1) is 10.2 Å². The maximum absolute atomic E-state index is 4.59. The molecule has 7 aromatic rings. The number of benzene rings is 6. The first-order chi connectivity index (χ1) is 22.3. The van der Waals surface area contributed by atoms with E-state index in [0.29, 0.717) is 0 Å². The van der Waals surface area contributed by atoms with Crippen LogP contribution >= 0.6 is 34.9 Å². The second kappa shape index (κ2) is 11.0. The molecule has 45 heavy (non-hydrogen) atoms. The molecule has 3 heterocycles. The molecule has 7 heteroatoms. The van der Waals surface area contributed by atoms with E-state index in [1.165, 1.54) is 42.3 Å². The predicted molar refractivity (Wildman–Crippen MR) is 188 cm³/mol. The van der Waals surface area contributed by atoms with E-state index in [-0.39, 0.29) is 0 Å². The zero-order valence-corrected chi connectivity index (χ0v) is 26.3. The molecule has 0 spiro atoms. The van der Waals surface area contributed by atoms with Gasteiger partial charge < -0.3 is 9.80 Å². The number of nitrogens with zero attached hydrogens (tertiary/aromatic N) is 4. The van der Waals surface area contributed by atoms with Gasteiger partial charge in [-0.3, -0.25) is 0 Å². The lowest BCUT2D eigenvalue weighted by Crippen LogP contribution is -2.14. The van der Waals surface area contributed by atoms with Gasteiger partial charge in [0.15, 0.2) is 0 Å². The lowest BCUT2D eigenvalue weighted by Gasteiger charge is -2.32. The van der Waals surface area contributed by atoms with E-state index >= 15 is 0 Å². The minimum Gasteiger partial charge on any atom is -0.308 e. The average Bonchev–Trinajstić information content (AvgIpc) is 3.60. The Bertz CT molecular complexity index is 1950. The molecule has 0 fully saturated rings. The Balaban J connectivity index is 1.00. The van der Waals surface area contributed by atoms with Crippen LogP contribution in [0.5, 0.6) is 0 Å². The van der Waals surface area contributed by atoms with Crippen molar-refractivity contribution >= 4 is 69.0 Å². The van der Waals surface area contributed by atoms with Crippen molar-refractivity contribution in [2.45, 2.75) is 19.6 Å². The highest BCUT2D eigenvalue weighted by Gasteiger charge is 2.26. The van der Waals surface area contributed by atoms with Crippen LogP contribution in [0.4, 0.5) is 34.1 Å². The van der Waals surface area contributed by atoms with Crippen molar-refractivity contribution in [1.82, 2.24) is 10.2 Å². The molecule has 1 aromatic heterocycles. The molecule has 214 valence electrons. The van der Waals surface area contributed by atoms with Gasteiger partial charge in [-0.25, -0.2) is 0 Å². The van der Waals surface area contributed by atoms with Crippen molar-refractivity contribution in [2.75, 3.05) is 9.80 Å². The number of fused-ring (bicyclic) bond motifs is 4. The monoisotopic (exact) mass is 632 g/mol. The maximum Gasteiger partial charge on any atom is 0.148 e. The standard InChI is InChI=1S/C38H24N4S3/c1-5-13-33-29(9-1)41(30-10-2-6-14-34(30)43-33)27-21-17-25(18-22-27)37-39-40-38(45-37)26-19-23-28(24-20-26)42-31-11-3-7-15-35(31)44-36-16-8-4-12-32(36)42/h1-24H. The number of hydrogen-bond acceptors (Lipinski definition) is 7. The van der Waals surface area contributed by atoms with Gasteiger partial charge in [-0.05, 0) is 97.1 Å². The van der Waals surface area contributed by atoms with Crippen molar-refractivity contribution in [2.24, 2.45) is 0 Å². The molecule has 0 bridgehead atoms. The van der Waals surface area contributed by atoms with E-state index in [0.717, 1.165) is 32.5 Å². The van der Waals surface area contributed by atoms with E-state index in [4.69, 9.17) is 0 Å². The summed E-state index contributed by atoms with van der Waals surface area (Å²) in [5.74, 6) is 0. The van der Waals surface area contributed by atoms with Crippen molar-refractivity contribution in [3.05, 3.63) is 146 Å². The van der Waals surface area contributed by atoms with Crippen molar-refractivity contribution in [3.63, 3.8) is 0 Å². The molecular formula is C38H24N4S3. The summed E-state index contributed by atoms with van der Waals surface area (Å²) in [4.78, 5) is 9.71. The predicted octanol–water partition coefficient (Wildman–Crippen LogP) is 11.7. The molecule has 0 radical (unpaired) electrons. The first-order valence-corrected chi connectivity index (χ1v) is 17.1. The molecule has 0 aliphatic carbocycles. The van der Waals surface area contributed by atoms with Crippen molar-refractivity contribution in [3.8, 4) is 21.1 Å². The van der Waals surface area contributed by atoms with Crippen LogP contribution in [0.1, 0.15) is 0 Å². The summed E-state index contributed by atoms with van der Waals surface area (Å²) in [6.07, 6.45) is 0. The summed E-state index contributed by atoms with van der Waals surface area (Å²) in [6, 6.07) is 51.7. The third-order valence-corrected chi connectivity index (χ3v) is 11.3. The summed E-state index contributed by atoms with van der Waals surface area (Å²) in [5.41, 5.74) is 9.17. The fourth-order valence-corrected chi connectivity index (χ4v) is 8.90. The van der Waals surface area contributed by atoms with Crippen LogP contribution in [0, 0.1) is 0 Å². The highest BCUT2D eigenvalue weighted by molar-refractivity contribution is 8.00. The fraction of sp³-hybridized carbons (Fsp3) is 0. The van der Waals surface area contributed by atoms with Crippen LogP contribution in [0.3, 0.4) is 0 Å². The number of hydrogen-bond donors (Lipinski definition) is 0. The molecular weight excluding hydrogens is 609 g/mol. The SMILES string of the molecule is c1ccc2c(c1)Sc1ccccc1N2c1ccc(-c2nnc(-c3ccc(N4c5ccccc5Sc5ccccc54)cc3)s2)cc1. The van der Waals surface area contributed by atoms with Gasteiger partial charge in [0.25, 0.3) is 0 Å². The molecule has 0 amide bonds. The Morgan fingerprint density at radius 1 is 0.356 bits per heavy atom. The van der Waals surface area contributed by atoms with Gasteiger partial charge in [-0.1, -0.05) is 83.4 Å². The Morgan fingerprint density at radius 2 is 0.667 bits per heavy atom. The van der Waals surface area contributed by atoms with Crippen LogP contribution in [0.2, 0.25) is 0 Å². The van der Waals surface area contributed by atoms with Crippen molar-refractivity contribution in [1.29, 1.82) is 0 Å². The maximum atomic E-state index is 4.59. The van der Waals surface area contributed by atoms with Gasteiger partial charge >= 0.3 is 0 Å². The molecule has 0 N–H and O–H groups in total. The highest BCUT2D eigenvalue weighted by Crippen LogP contribution is 2.52. The Labute approximate surface area is 274 Å². The lowest BCUT2D eigenvalue weighted by atomic mass is 10.1. The van der Waals surface area contributed by atoms with Crippen LogP contribution in [0.25, 0.3) is 21.1 Å². The molecule has 0 saturated heterocycles. The number of anilines is 6. The quantitative estimate of drug-likeness (QED) is 0.192. The summed E-state index contributed by atoms with van der Waals surface area (Å²) in [6.45, 7) is 0. The summed E-state index contributed by atoms with van der Waals surface area (Å²) >= 11 is 5.27. The van der Waals surface area contributed by atoms with E-state index in [2.05, 4.69) is 166 Å².